The van der Waals surface area contributed by atoms with Crippen LogP contribution in [0.3, 0.4) is 0 Å². The summed E-state index contributed by atoms with van der Waals surface area (Å²) >= 11 is 0. The number of piperidine rings is 1. The number of fused-ring (bicyclic) bond motifs is 5. The van der Waals surface area contributed by atoms with Gasteiger partial charge in [0.05, 0.1) is 6.10 Å². The number of likely N-dealkylation sites (tertiary alicyclic amines) is 1. The topological polar surface area (TPSA) is 40.5 Å². The number of amides is 1. The number of aliphatic hydroxyl groups excluding tert-OH is 1. The van der Waals surface area contributed by atoms with Gasteiger partial charge in [-0.1, -0.05) is 13.8 Å². The summed E-state index contributed by atoms with van der Waals surface area (Å²) in [5.74, 6) is 1.87. The third-order valence-corrected chi connectivity index (χ3v) is 8.47. The summed E-state index contributed by atoms with van der Waals surface area (Å²) in [6.45, 7) is 3.98. The van der Waals surface area contributed by atoms with Crippen LogP contribution >= 0.6 is 0 Å². The van der Waals surface area contributed by atoms with Gasteiger partial charge in [-0.25, -0.2) is 4.39 Å². The number of carbonyl (C=O) groups excluding carboxylic acids is 1. The monoisotopic (exact) mass is 323 g/mol. The quantitative estimate of drug-likeness (QED) is 0.750. The van der Waals surface area contributed by atoms with Crippen LogP contribution in [0.4, 0.5) is 4.39 Å². The van der Waals surface area contributed by atoms with Gasteiger partial charge in [-0.2, -0.15) is 0 Å². The maximum absolute atomic E-state index is 13.5. The first-order valence-electron chi connectivity index (χ1n) is 9.45. The van der Waals surface area contributed by atoms with Crippen LogP contribution in [-0.4, -0.2) is 34.9 Å². The summed E-state index contributed by atoms with van der Waals surface area (Å²) in [6.07, 6.45) is 7.63. The Bertz CT molecular complexity index is 512. The van der Waals surface area contributed by atoms with Crippen LogP contribution in [-0.2, 0) is 4.79 Å². The number of carbonyl (C=O) groups is 1. The molecular weight excluding hydrogens is 293 g/mol. The Balaban J connectivity index is 1.65. The summed E-state index contributed by atoms with van der Waals surface area (Å²) in [7, 11) is 0. The molecule has 1 N–H and O–H groups in total. The normalized spacial score (nSPS) is 52.8. The molecule has 0 unspecified atom stereocenters. The highest BCUT2D eigenvalue weighted by Crippen LogP contribution is 2.64. The SMILES string of the molecule is C[C@]12CC[C@H]3[C@@H](CC[C@H]4N(CF)C(=O)CC[C@]34C)[C@@H]1CC[C@@H]2O. The first-order valence-corrected chi connectivity index (χ1v) is 9.45. The standard InChI is InChI=1S/C19H30FNO2/c1-18-10-8-17(23)21(11-20)15(18)5-3-12-13-4-6-16(22)19(13,2)9-7-14(12)18/h12-16,22H,3-11H2,1-2H3/t12-,13-,14-,15+,16-,18+,19-/m0/s1. The fourth-order valence-electron chi connectivity index (χ4n) is 7.12. The predicted octanol–water partition coefficient (Wildman–Crippen LogP) is 3.51. The molecule has 0 aromatic carbocycles. The van der Waals surface area contributed by atoms with Crippen molar-refractivity contribution in [3.63, 3.8) is 0 Å². The van der Waals surface area contributed by atoms with Crippen LogP contribution in [0.15, 0.2) is 0 Å². The van der Waals surface area contributed by atoms with Crippen LogP contribution in [0.1, 0.15) is 65.2 Å². The first kappa shape index (κ1) is 15.9. The minimum atomic E-state index is -0.629. The summed E-state index contributed by atoms with van der Waals surface area (Å²) < 4.78 is 13.5. The van der Waals surface area contributed by atoms with Gasteiger partial charge in [0.25, 0.3) is 0 Å². The molecule has 4 fully saturated rings. The maximum atomic E-state index is 13.5. The number of hydrogen-bond acceptors (Lipinski definition) is 2. The van der Waals surface area contributed by atoms with Crippen LogP contribution in [0, 0.1) is 28.6 Å². The molecule has 0 radical (unpaired) electrons. The van der Waals surface area contributed by atoms with Crippen LogP contribution in [0.5, 0.6) is 0 Å². The number of hydrogen-bond donors (Lipinski definition) is 1. The van der Waals surface area contributed by atoms with Crippen LogP contribution < -0.4 is 0 Å². The molecule has 3 nitrogen and oxygen atoms in total. The van der Waals surface area contributed by atoms with E-state index in [2.05, 4.69) is 13.8 Å². The molecule has 4 heteroatoms. The molecule has 0 spiro atoms. The minimum Gasteiger partial charge on any atom is -0.393 e. The highest BCUT2D eigenvalue weighted by atomic mass is 19.1. The molecule has 3 aliphatic carbocycles. The number of rotatable bonds is 1. The lowest BCUT2D eigenvalue weighted by Gasteiger charge is -2.61. The van der Waals surface area contributed by atoms with Crippen molar-refractivity contribution in [2.24, 2.45) is 28.6 Å². The molecular formula is C19H30FNO2. The second-order valence-electron chi connectivity index (χ2n) is 9.10. The average molecular weight is 323 g/mol. The zero-order chi connectivity index (χ0) is 16.4. The van der Waals surface area contributed by atoms with Gasteiger partial charge < -0.3 is 10.0 Å². The van der Waals surface area contributed by atoms with Crippen molar-refractivity contribution in [1.82, 2.24) is 4.90 Å². The largest absolute Gasteiger partial charge is 0.393 e. The van der Waals surface area contributed by atoms with Crippen LogP contribution in [0.25, 0.3) is 0 Å². The molecule has 0 aromatic rings. The molecule has 1 saturated heterocycles. The molecule has 130 valence electrons. The van der Waals surface area contributed by atoms with E-state index in [0.717, 1.165) is 44.9 Å². The van der Waals surface area contributed by atoms with Gasteiger partial charge in [-0.15, -0.1) is 0 Å². The van der Waals surface area contributed by atoms with E-state index in [1.165, 1.54) is 4.90 Å². The second kappa shape index (κ2) is 5.18. The van der Waals surface area contributed by atoms with E-state index in [9.17, 15) is 14.3 Å². The van der Waals surface area contributed by atoms with Crippen molar-refractivity contribution in [3.05, 3.63) is 0 Å². The Labute approximate surface area is 138 Å². The summed E-state index contributed by atoms with van der Waals surface area (Å²) in [5.41, 5.74) is 0.159. The van der Waals surface area contributed by atoms with Gasteiger partial charge in [0.15, 0.2) is 6.80 Å². The van der Waals surface area contributed by atoms with Gasteiger partial charge in [0.2, 0.25) is 5.91 Å². The molecule has 7 atom stereocenters. The number of nitrogens with zero attached hydrogens (tertiary/aromatic N) is 1. The van der Waals surface area contributed by atoms with E-state index >= 15 is 0 Å². The second-order valence-corrected chi connectivity index (χ2v) is 9.10. The Morgan fingerprint density at radius 1 is 1.09 bits per heavy atom. The van der Waals surface area contributed by atoms with E-state index in [1.54, 1.807) is 0 Å². The van der Waals surface area contributed by atoms with Gasteiger partial charge >= 0.3 is 0 Å². The number of halogens is 1. The molecule has 1 heterocycles. The smallest absolute Gasteiger partial charge is 0.224 e. The fourth-order valence-corrected chi connectivity index (χ4v) is 7.12. The molecule has 4 rings (SSSR count). The van der Waals surface area contributed by atoms with E-state index in [4.69, 9.17) is 0 Å². The highest BCUT2D eigenvalue weighted by Gasteiger charge is 2.61. The predicted molar refractivity (Wildman–Crippen MR) is 86.2 cm³/mol. The lowest BCUT2D eigenvalue weighted by atomic mass is 9.47. The van der Waals surface area contributed by atoms with Crippen molar-refractivity contribution < 1.29 is 14.3 Å². The zero-order valence-electron chi connectivity index (χ0n) is 14.4. The lowest BCUT2D eigenvalue weighted by molar-refractivity contribution is -0.167. The van der Waals surface area contributed by atoms with Crippen molar-refractivity contribution in [3.8, 4) is 0 Å². The summed E-state index contributed by atoms with van der Waals surface area (Å²) in [5, 5.41) is 10.5. The summed E-state index contributed by atoms with van der Waals surface area (Å²) in [6, 6.07) is 0.0886. The molecule has 1 aliphatic heterocycles. The molecule has 3 saturated carbocycles. The lowest BCUT2D eigenvalue weighted by Crippen LogP contribution is -2.62. The minimum absolute atomic E-state index is 0.00496. The molecule has 0 aromatic heterocycles. The Morgan fingerprint density at radius 2 is 1.83 bits per heavy atom. The van der Waals surface area contributed by atoms with Gasteiger partial charge in [-0.3, -0.25) is 4.79 Å². The van der Waals surface area contributed by atoms with E-state index in [0.29, 0.717) is 24.2 Å². The van der Waals surface area contributed by atoms with E-state index in [-0.39, 0.29) is 28.9 Å². The number of aliphatic hydroxyl groups is 1. The first-order chi connectivity index (χ1) is 10.9. The van der Waals surface area contributed by atoms with Gasteiger partial charge in [0, 0.05) is 12.5 Å². The number of alkyl halides is 1. The van der Waals surface area contributed by atoms with Gasteiger partial charge in [-0.05, 0) is 73.5 Å². The molecule has 0 bridgehead atoms. The average Bonchev–Trinajstić information content (AvgIpc) is 2.83. The third-order valence-electron chi connectivity index (χ3n) is 8.47. The van der Waals surface area contributed by atoms with Crippen molar-refractivity contribution in [2.45, 2.75) is 77.4 Å². The maximum Gasteiger partial charge on any atom is 0.224 e. The van der Waals surface area contributed by atoms with E-state index < -0.39 is 6.80 Å². The fraction of sp³-hybridized carbons (Fsp3) is 0.947. The summed E-state index contributed by atoms with van der Waals surface area (Å²) in [4.78, 5) is 13.6. The molecule has 4 aliphatic rings. The third kappa shape index (κ3) is 1.99. The van der Waals surface area contributed by atoms with Gasteiger partial charge in [0.1, 0.15) is 0 Å². The highest BCUT2D eigenvalue weighted by molar-refractivity contribution is 5.77. The van der Waals surface area contributed by atoms with E-state index in [1.807, 2.05) is 0 Å². The van der Waals surface area contributed by atoms with Crippen molar-refractivity contribution >= 4 is 5.91 Å². The molecule has 23 heavy (non-hydrogen) atoms. The molecule has 1 amide bonds. The Kier molecular flexibility index (Phi) is 3.57. The van der Waals surface area contributed by atoms with Crippen molar-refractivity contribution in [2.75, 3.05) is 6.80 Å². The van der Waals surface area contributed by atoms with Crippen LogP contribution in [0.2, 0.25) is 0 Å². The Morgan fingerprint density at radius 3 is 2.57 bits per heavy atom. The zero-order valence-corrected chi connectivity index (χ0v) is 14.4. The van der Waals surface area contributed by atoms with Crippen molar-refractivity contribution in [1.29, 1.82) is 0 Å². The Hall–Kier alpha value is -0.640.